The number of alkyl halides is 3. The molecule has 0 aliphatic heterocycles. The van der Waals surface area contributed by atoms with Crippen LogP contribution >= 0.6 is 11.3 Å². The second-order valence-corrected chi connectivity index (χ2v) is 9.57. The summed E-state index contributed by atoms with van der Waals surface area (Å²) < 4.78 is 46.3. The Hall–Kier alpha value is -3.37. The van der Waals surface area contributed by atoms with Gasteiger partial charge in [0.25, 0.3) is 0 Å². The van der Waals surface area contributed by atoms with Crippen molar-refractivity contribution in [3.63, 3.8) is 0 Å². The summed E-state index contributed by atoms with van der Waals surface area (Å²) in [5.41, 5.74) is -0.213. The zero-order valence-corrected chi connectivity index (χ0v) is 19.2. The molecule has 0 atom stereocenters. The van der Waals surface area contributed by atoms with Gasteiger partial charge in [-0.05, 0) is 42.2 Å². The molecule has 0 spiro atoms. The minimum absolute atomic E-state index is 0.00723. The van der Waals surface area contributed by atoms with Crippen LogP contribution in [0.5, 0.6) is 5.75 Å². The van der Waals surface area contributed by atoms with Gasteiger partial charge in [-0.1, -0.05) is 42.5 Å². The minimum atomic E-state index is -4.46. The van der Waals surface area contributed by atoms with Gasteiger partial charge in [-0.3, -0.25) is 9.59 Å². The van der Waals surface area contributed by atoms with Crippen LogP contribution in [-0.2, 0) is 28.9 Å². The van der Waals surface area contributed by atoms with E-state index in [1.165, 1.54) is 6.07 Å². The second kappa shape index (κ2) is 9.71. The van der Waals surface area contributed by atoms with E-state index in [1.807, 2.05) is 0 Å². The molecule has 0 bridgehead atoms. The number of hydrogen-bond donors (Lipinski definition) is 3. The van der Waals surface area contributed by atoms with Crippen molar-refractivity contribution in [3.05, 3.63) is 76.0 Å². The predicted octanol–water partition coefficient (Wildman–Crippen LogP) is 5.42. The molecule has 1 heterocycles. The summed E-state index contributed by atoms with van der Waals surface area (Å²) >= 11 is 0.664. The Morgan fingerprint density at radius 1 is 1.03 bits per heavy atom. The van der Waals surface area contributed by atoms with Crippen LogP contribution in [0.1, 0.15) is 28.2 Å². The fourth-order valence-electron chi connectivity index (χ4n) is 4.04. The topological polar surface area (TPSA) is 95.9 Å². The highest BCUT2D eigenvalue weighted by Gasteiger charge is 2.56. The molecule has 0 saturated heterocycles. The fraction of sp³-hybridized carbons (Fsp3) is 0.280. The third-order valence-electron chi connectivity index (χ3n) is 6.03. The van der Waals surface area contributed by atoms with Crippen molar-refractivity contribution in [2.75, 3.05) is 0 Å². The van der Waals surface area contributed by atoms with Crippen molar-refractivity contribution in [2.24, 2.45) is 5.41 Å². The molecule has 1 aromatic heterocycles. The van der Waals surface area contributed by atoms with Gasteiger partial charge in [-0.25, -0.2) is 0 Å². The average molecular weight is 506 g/mol. The molecular formula is C25H22F3NO5S. The summed E-state index contributed by atoms with van der Waals surface area (Å²) in [6.07, 6.45) is -4.42. The quantitative estimate of drug-likeness (QED) is 0.336. The van der Waals surface area contributed by atoms with E-state index in [0.717, 1.165) is 5.56 Å². The summed E-state index contributed by atoms with van der Waals surface area (Å²) in [6, 6.07) is 16.7. The van der Waals surface area contributed by atoms with Gasteiger partial charge in [0.1, 0.15) is 17.2 Å². The zero-order chi connectivity index (χ0) is 25.2. The van der Waals surface area contributed by atoms with Crippen molar-refractivity contribution in [3.8, 4) is 16.9 Å². The molecule has 0 amide bonds. The molecule has 35 heavy (non-hydrogen) atoms. The largest absolute Gasteiger partial charge is 0.488 e. The first-order valence-electron chi connectivity index (χ1n) is 10.8. The number of benzene rings is 2. The normalized spacial score (nSPS) is 15.4. The average Bonchev–Trinajstić information content (AvgIpc) is 3.23. The van der Waals surface area contributed by atoms with Gasteiger partial charge in [0.2, 0.25) is 0 Å². The van der Waals surface area contributed by atoms with Gasteiger partial charge < -0.3 is 20.3 Å². The molecule has 4 rings (SSSR count). The van der Waals surface area contributed by atoms with Gasteiger partial charge in [0.15, 0.2) is 5.41 Å². The molecule has 6 nitrogen and oxygen atoms in total. The monoisotopic (exact) mass is 505 g/mol. The highest BCUT2D eigenvalue weighted by molar-refractivity contribution is 7.12. The first-order chi connectivity index (χ1) is 16.6. The molecule has 184 valence electrons. The third-order valence-corrected chi connectivity index (χ3v) is 7.19. The Morgan fingerprint density at radius 3 is 2.23 bits per heavy atom. The molecule has 10 heteroatoms. The molecule has 1 saturated carbocycles. The molecule has 0 unspecified atom stereocenters. The Balaban J connectivity index is 1.33. The van der Waals surface area contributed by atoms with Crippen molar-refractivity contribution in [1.82, 2.24) is 5.32 Å². The van der Waals surface area contributed by atoms with E-state index in [2.05, 4.69) is 5.32 Å². The van der Waals surface area contributed by atoms with Crippen LogP contribution in [0.15, 0.2) is 60.7 Å². The van der Waals surface area contributed by atoms with E-state index in [9.17, 15) is 22.8 Å². The molecule has 2 aromatic carbocycles. The lowest BCUT2D eigenvalue weighted by molar-refractivity contribution is -0.173. The molecule has 3 aromatic rings. The lowest BCUT2D eigenvalue weighted by Crippen LogP contribution is -2.56. The summed E-state index contributed by atoms with van der Waals surface area (Å²) in [6.45, 7) is 0.410. The highest BCUT2D eigenvalue weighted by Crippen LogP contribution is 2.43. The highest BCUT2D eigenvalue weighted by atomic mass is 32.1. The number of carboxylic acid groups (broad SMARTS) is 2. The van der Waals surface area contributed by atoms with E-state index >= 15 is 0 Å². The van der Waals surface area contributed by atoms with Gasteiger partial charge >= 0.3 is 18.1 Å². The lowest BCUT2D eigenvalue weighted by atomic mass is 9.65. The van der Waals surface area contributed by atoms with Crippen molar-refractivity contribution in [1.29, 1.82) is 0 Å². The Kier molecular flexibility index (Phi) is 6.86. The third kappa shape index (κ3) is 5.33. The summed E-state index contributed by atoms with van der Waals surface area (Å²) in [5.74, 6) is -2.15. The van der Waals surface area contributed by atoms with Gasteiger partial charge in [0, 0.05) is 23.0 Å². The maximum atomic E-state index is 13.5. The van der Waals surface area contributed by atoms with E-state index in [-0.39, 0.29) is 31.1 Å². The molecule has 3 N–H and O–H groups in total. The Morgan fingerprint density at radius 2 is 1.66 bits per heavy atom. The van der Waals surface area contributed by atoms with Crippen molar-refractivity contribution in [2.45, 2.75) is 38.2 Å². The number of carboxylic acids is 2. The standard InChI is InChI=1S/C25H22F3NO5S/c26-25(27,28)21-20(16-4-2-1-3-5-16)10-19(35-21)14-34-18-8-6-15(7-9-18)13-29-17-11-24(12-17,22(30)31)23(32)33/h1-10,17,29H,11-14H2,(H,30,31)(H,32,33). The molecule has 1 aliphatic rings. The Bertz CT molecular complexity index is 1190. The molecule has 0 radical (unpaired) electrons. The maximum Gasteiger partial charge on any atom is 0.426 e. The lowest BCUT2D eigenvalue weighted by Gasteiger charge is -2.41. The number of nitrogens with one attached hydrogen (secondary N) is 1. The first-order valence-corrected chi connectivity index (χ1v) is 11.6. The van der Waals surface area contributed by atoms with Crippen LogP contribution in [0.4, 0.5) is 13.2 Å². The van der Waals surface area contributed by atoms with E-state index in [1.54, 1.807) is 54.6 Å². The first kappa shape index (κ1) is 24.7. The second-order valence-electron chi connectivity index (χ2n) is 8.43. The summed E-state index contributed by atoms with van der Waals surface area (Å²) in [7, 11) is 0. The van der Waals surface area contributed by atoms with Crippen LogP contribution in [0.3, 0.4) is 0 Å². The van der Waals surface area contributed by atoms with Gasteiger partial charge in [-0.2, -0.15) is 13.2 Å². The van der Waals surface area contributed by atoms with E-state index in [4.69, 9.17) is 14.9 Å². The van der Waals surface area contributed by atoms with E-state index in [0.29, 0.717) is 34.1 Å². The molecule has 1 fully saturated rings. The smallest absolute Gasteiger partial charge is 0.426 e. The number of hydrogen-bond acceptors (Lipinski definition) is 5. The number of carbonyl (C=O) groups is 2. The summed E-state index contributed by atoms with van der Waals surface area (Å²) in [4.78, 5) is 22.3. The Labute approximate surface area is 203 Å². The number of ether oxygens (including phenoxy) is 1. The zero-order valence-electron chi connectivity index (χ0n) is 18.3. The van der Waals surface area contributed by atoms with Crippen molar-refractivity contribution >= 4 is 23.3 Å². The summed E-state index contributed by atoms with van der Waals surface area (Å²) in [5, 5.41) is 21.5. The van der Waals surface area contributed by atoms with Crippen molar-refractivity contribution < 1.29 is 37.7 Å². The minimum Gasteiger partial charge on any atom is -0.488 e. The predicted molar refractivity (Wildman–Crippen MR) is 123 cm³/mol. The number of rotatable bonds is 9. The fourth-order valence-corrected chi connectivity index (χ4v) is 5.00. The van der Waals surface area contributed by atoms with Crippen LogP contribution in [0.25, 0.3) is 11.1 Å². The maximum absolute atomic E-state index is 13.5. The van der Waals surface area contributed by atoms with Crippen LogP contribution < -0.4 is 10.1 Å². The van der Waals surface area contributed by atoms with Gasteiger partial charge in [-0.15, -0.1) is 11.3 Å². The molecular weight excluding hydrogens is 483 g/mol. The van der Waals surface area contributed by atoms with Crippen LogP contribution in [-0.4, -0.2) is 28.2 Å². The molecule has 1 aliphatic carbocycles. The number of aliphatic carboxylic acids is 2. The number of halogens is 3. The number of thiophene rings is 1. The SMILES string of the molecule is O=C(O)C1(C(=O)O)CC(NCc2ccc(OCc3cc(-c4ccccc4)c(C(F)(F)F)s3)cc2)C1. The van der Waals surface area contributed by atoms with Crippen LogP contribution in [0, 0.1) is 5.41 Å². The van der Waals surface area contributed by atoms with Gasteiger partial charge in [0.05, 0.1) is 0 Å². The van der Waals surface area contributed by atoms with Crippen LogP contribution in [0.2, 0.25) is 0 Å². The van der Waals surface area contributed by atoms with E-state index < -0.39 is 28.4 Å².